The first kappa shape index (κ1) is 13.4. The standard InChI is InChI=1S/C7H7BrO3S.Na.H/c1-12(9,10)11-7-4-2-6(8)3-5-7;;/h2-5H,1H3;;. The summed E-state index contributed by atoms with van der Waals surface area (Å²) in [5.74, 6) is 0.320. The molecule has 1 rings (SSSR count). The topological polar surface area (TPSA) is 43.4 Å². The number of hydrogen-bond donors (Lipinski definition) is 0. The Morgan fingerprint density at radius 2 is 1.69 bits per heavy atom. The molecule has 1 aromatic carbocycles. The van der Waals surface area contributed by atoms with E-state index in [1.807, 2.05) is 0 Å². The predicted molar refractivity (Wildman–Crippen MR) is 56.8 cm³/mol. The van der Waals surface area contributed by atoms with Crippen molar-refractivity contribution in [3.63, 3.8) is 0 Å². The fraction of sp³-hybridized carbons (Fsp3) is 0.143. The maximum absolute atomic E-state index is 10.7. The summed E-state index contributed by atoms with van der Waals surface area (Å²) in [7, 11) is -3.41. The van der Waals surface area contributed by atoms with Gasteiger partial charge in [-0.05, 0) is 24.3 Å². The third-order valence-electron chi connectivity index (χ3n) is 1.06. The molecule has 0 saturated heterocycles. The van der Waals surface area contributed by atoms with Crippen LogP contribution in [-0.2, 0) is 10.1 Å². The van der Waals surface area contributed by atoms with E-state index < -0.39 is 10.1 Å². The number of halogens is 1. The van der Waals surface area contributed by atoms with Crippen molar-refractivity contribution in [3.05, 3.63) is 28.7 Å². The summed E-state index contributed by atoms with van der Waals surface area (Å²) in [4.78, 5) is 0. The van der Waals surface area contributed by atoms with Crippen LogP contribution in [0.2, 0.25) is 0 Å². The van der Waals surface area contributed by atoms with Crippen molar-refractivity contribution >= 4 is 55.6 Å². The molecule has 0 spiro atoms. The van der Waals surface area contributed by atoms with E-state index in [9.17, 15) is 8.42 Å². The van der Waals surface area contributed by atoms with Gasteiger partial charge in [0.2, 0.25) is 0 Å². The molecule has 0 aliphatic carbocycles. The van der Waals surface area contributed by atoms with Gasteiger partial charge in [0.05, 0.1) is 6.26 Å². The minimum absolute atomic E-state index is 0. The number of benzene rings is 1. The van der Waals surface area contributed by atoms with Crippen LogP contribution in [0.5, 0.6) is 5.75 Å². The average Bonchev–Trinajstić information content (AvgIpc) is 1.91. The zero-order valence-corrected chi connectivity index (χ0v) is 8.72. The zero-order valence-electron chi connectivity index (χ0n) is 6.32. The monoisotopic (exact) mass is 274 g/mol. The van der Waals surface area contributed by atoms with Crippen LogP contribution in [0, 0.1) is 0 Å². The van der Waals surface area contributed by atoms with Crippen molar-refractivity contribution in [3.8, 4) is 5.75 Å². The van der Waals surface area contributed by atoms with Crippen molar-refractivity contribution in [2.24, 2.45) is 0 Å². The Bertz CT molecular complexity index is 360. The molecule has 0 saturated carbocycles. The van der Waals surface area contributed by atoms with Crippen LogP contribution in [0.4, 0.5) is 0 Å². The summed E-state index contributed by atoms with van der Waals surface area (Å²) >= 11 is 3.22. The second kappa shape index (κ2) is 5.36. The van der Waals surface area contributed by atoms with E-state index >= 15 is 0 Å². The molecule has 0 unspecified atom stereocenters. The van der Waals surface area contributed by atoms with Crippen molar-refractivity contribution in [2.45, 2.75) is 0 Å². The quantitative estimate of drug-likeness (QED) is 0.600. The summed E-state index contributed by atoms with van der Waals surface area (Å²) in [5, 5.41) is 0. The van der Waals surface area contributed by atoms with Gasteiger partial charge in [-0.3, -0.25) is 0 Å². The Hall–Kier alpha value is 0.450. The first-order valence-electron chi connectivity index (χ1n) is 3.12. The van der Waals surface area contributed by atoms with Crippen LogP contribution in [0.1, 0.15) is 0 Å². The van der Waals surface area contributed by atoms with E-state index in [2.05, 4.69) is 20.1 Å². The number of hydrogen-bond acceptors (Lipinski definition) is 3. The van der Waals surface area contributed by atoms with Crippen molar-refractivity contribution in [2.75, 3.05) is 6.26 Å². The molecule has 0 aliphatic heterocycles. The third-order valence-corrected chi connectivity index (χ3v) is 2.09. The maximum atomic E-state index is 10.7. The van der Waals surface area contributed by atoms with Gasteiger partial charge in [-0.25, -0.2) is 0 Å². The van der Waals surface area contributed by atoms with Crippen molar-refractivity contribution in [1.82, 2.24) is 0 Å². The fourth-order valence-electron chi connectivity index (χ4n) is 0.665. The van der Waals surface area contributed by atoms with Crippen molar-refractivity contribution < 1.29 is 12.6 Å². The minimum atomic E-state index is -3.41. The second-order valence-corrected chi connectivity index (χ2v) is 4.73. The van der Waals surface area contributed by atoms with Gasteiger partial charge in [0.15, 0.2) is 0 Å². The Labute approximate surface area is 108 Å². The van der Waals surface area contributed by atoms with Gasteiger partial charge in [0.25, 0.3) is 0 Å². The van der Waals surface area contributed by atoms with Crippen LogP contribution in [0.25, 0.3) is 0 Å². The van der Waals surface area contributed by atoms with Gasteiger partial charge < -0.3 is 4.18 Å². The average molecular weight is 275 g/mol. The summed E-state index contributed by atoms with van der Waals surface area (Å²) < 4.78 is 26.8. The van der Waals surface area contributed by atoms with Gasteiger partial charge in [0, 0.05) is 4.47 Å². The molecular formula is C7H8BrNaO3S. The second-order valence-electron chi connectivity index (χ2n) is 2.24. The molecule has 68 valence electrons. The van der Waals surface area contributed by atoms with Gasteiger partial charge in [-0.2, -0.15) is 8.42 Å². The third kappa shape index (κ3) is 5.70. The van der Waals surface area contributed by atoms with Crippen molar-refractivity contribution in [1.29, 1.82) is 0 Å². The molecule has 3 nitrogen and oxygen atoms in total. The molecule has 0 fully saturated rings. The van der Waals surface area contributed by atoms with E-state index in [1.54, 1.807) is 24.3 Å². The molecule has 0 aromatic heterocycles. The molecule has 13 heavy (non-hydrogen) atoms. The molecule has 0 radical (unpaired) electrons. The first-order chi connectivity index (χ1) is 5.47. The molecule has 0 N–H and O–H groups in total. The molecule has 1 aromatic rings. The van der Waals surface area contributed by atoms with Gasteiger partial charge >= 0.3 is 39.7 Å². The van der Waals surface area contributed by atoms with Crippen LogP contribution >= 0.6 is 15.9 Å². The Morgan fingerprint density at radius 1 is 1.23 bits per heavy atom. The van der Waals surface area contributed by atoms with Crippen LogP contribution in [0.15, 0.2) is 28.7 Å². The van der Waals surface area contributed by atoms with E-state index in [0.717, 1.165) is 10.7 Å². The van der Waals surface area contributed by atoms with Crippen LogP contribution < -0.4 is 4.18 Å². The van der Waals surface area contributed by atoms with Crippen LogP contribution in [0.3, 0.4) is 0 Å². The molecule has 0 aliphatic rings. The summed E-state index contributed by atoms with van der Waals surface area (Å²) in [6.45, 7) is 0. The SMILES string of the molecule is CS(=O)(=O)Oc1ccc(Br)cc1.[NaH]. The van der Waals surface area contributed by atoms with Gasteiger partial charge in [-0.15, -0.1) is 0 Å². The fourth-order valence-corrected chi connectivity index (χ4v) is 1.39. The molecule has 0 atom stereocenters. The Morgan fingerprint density at radius 3 is 2.08 bits per heavy atom. The Kier molecular flexibility index (Phi) is 5.55. The van der Waals surface area contributed by atoms with E-state index in [0.29, 0.717) is 5.75 Å². The Balaban J connectivity index is 0.00000144. The zero-order chi connectivity index (χ0) is 9.19. The predicted octanol–water partition coefficient (Wildman–Crippen LogP) is 1.14. The molecule has 0 heterocycles. The van der Waals surface area contributed by atoms with Gasteiger partial charge in [-0.1, -0.05) is 15.9 Å². The van der Waals surface area contributed by atoms with Crippen LogP contribution in [-0.4, -0.2) is 44.2 Å². The molecule has 0 amide bonds. The molecular weight excluding hydrogens is 267 g/mol. The molecule has 6 heteroatoms. The summed E-state index contributed by atoms with van der Waals surface area (Å²) in [5.41, 5.74) is 0. The van der Waals surface area contributed by atoms with E-state index in [4.69, 9.17) is 0 Å². The van der Waals surface area contributed by atoms with Gasteiger partial charge in [0.1, 0.15) is 5.75 Å². The number of rotatable bonds is 2. The first-order valence-corrected chi connectivity index (χ1v) is 5.73. The normalized spacial score (nSPS) is 10.3. The van der Waals surface area contributed by atoms with E-state index in [1.165, 1.54) is 0 Å². The summed E-state index contributed by atoms with van der Waals surface area (Å²) in [6.07, 6.45) is 1.01. The van der Waals surface area contributed by atoms with E-state index in [-0.39, 0.29) is 29.6 Å². The summed E-state index contributed by atoms with van der Waals surface area (Å²) in [6, 6.07) is 6.57. The molecule has 0 bridgehead atoms.